The zero-order chi connectivity index (χ0) is 17.3. The average Bonchev–Trinajstić information content (AvgIpc) is 3.01. The number of pyridine rings is 1. The van der Waals surface area contributed by atoms with Crippen molar-refractivity contribution in [2.24, 2.45) is 0 Å². The number of nitrogens with zero attached hydrogens (tertiary/aromatic N) is 2. The lowest BCUT2D eigenvalue weighted by Crippen LogP contribution is -2.15. The minimum atomic E-state index is -0.178. The monoisotopic (exact) mass is 323 g/mol. The van der Waals surface area contributed by atoms with Crippen LogP contribution in [0.2, 0.25) is 0 Å². The van der Waals surface area contributed by atoms with E-state index in [0.717, 1.165) is 11.1 Å². The number of benzene rings is 1. The summed E-state index contributed by atoms with van der Waals surface area (Å²) in [5.74, 6) is 0.463. The number of nitrogens with one attached hydrogen (secondary N) is 1. The smallest absolute Gasteiger partial charge is 0.255 e. The number of amides is 1. The number of hydrogen-bond donors (Lipinski definition) is 1. The van der Waals surface area contributed by atoms with Gasteiger partial charge in [0.05, 0.1) is 30.8 Å². The quantitative estimate of drug-likeness (QED) is 0.795. The van der Waals surface area contributed by atoms with E-state index >= 15 is 0 Å². The fourth-order valence-electron chi connectivity index (χ4n) is 2.53. The lowest BCUT2D eigenvalue weighted by Gasteiger charge is -2.21. The van der Waals surface area contributed by atoms with Crippen molar-refractivity contribution in [2.75, 3.05) is 12.4 Å². The fourth-order valence-corrected chi connectivity index (χ4v) is 2.53. The number of aromatic nitrogens is 2. The highest BCUT2D eigenvalue weighted by Crippen LogP contribution is 2.31. The van der Waals surface area contributed by atoms with Crippen molar-refractivity contribution < 1.29 is 9.53 Å². The molecule has 1 aromatic carbocycles. The molecule has 0 aliphatic carbocycles. The van der Waals surface area contributed by atoms with E-state index in [2.05, 4.69) is 31.1 Å². The van der Waals surface area contributed by atoms with Gasteiger partial charge in [-0.05, 0) is 35.2 Å². The SMILES string of the molecule is COc1ccc(C(C)(C)C)cc1NC(=O)c1ccn2cncc2c1. The summed E-state index contributed by atoms with van der Waals surface area (Å²) in [7, 11) is 1.60. The topological polar surface area (TPSA) is 55.6 Å². The van der Waals surface area contributed by atoms with Gasteiger partial charge in [0.1, 0.15) is 5.75 Å². The first kappa shape index (κ1) is 16.1. The third-order valence-corrected chi connectivity index (χ3v) is 3.99. The summed E-state index contributed by atoms with van der Waals surface area (Å²) in [5.41, 5.74) is 3.24. The summed E-state index contributed by atoms with van der Waals surface area (Å²) in [5, 5.41) is 2.95. The third kappa shape index (κ3) is 3.11. The van der Waals surface area contributed by atoms with Crippen LogP contribution in [-0.4, -0.2) is 22.4 Å². The highest BCUT2D eigenvalue weighted by Gasteiger charge is 2.17. The van der Waals surface area contributed by atoms with Crippen molar-refractivity contribution in [1.82, 2.24) is 9.38 Å². The molecule has 5 heteroatoms. The predicted octanol–water partition coefficient (Wildman–Crippen LogP) is 3.89. The first-order valence-corrected chi connectivity index (χ1v) is 7.80. The number of carbonyl (C=O) groups is 1. The van der Waals surface area contributed by atoms with Gasteiger partial charge in [-0.3, -0.25) is 4.79 Å². The van der Waals surface area contributed by atoms with Crippen molar-refractivity contribution in [3.8, 4) is 5.75 Å². The van der Waals surface area contributed by atoms with Crippen molar-refractivity contribution in [1.29, 1.82) is 0 Å². The standard InChI is InChI=1S/C19H21N3O2/c1-19(2,3)14-5-6-17(24-4)16(10-14)21-18(23)13-7-8-22-12-20-11-15(22)9-13/h5-12H,1-4H3,(H,21,23). The van der Waals surface area contributed by atoms with Crippen LogP contribution in [0, 0.1) is 0 Å². The van der Waals surface area contributed by atoms with E-state index in [0.29, 0.717) is 17.0 Å². The van der Waals surface area contributed by atoms with E-state index in [9.17, 15) is 4.79 Å². The van der Waals surface area contributed by atoms with Gasteiger partial charge in [0, 0.05) is 11.8 Å². The molecule has 0 aliphatic heterocycles. The summed E-state index contributed by atoms with van der Waals surface area (Å²) in [6, 6.07) is 9.45. The number of carbonyl (C=O) groups excluding carboxylic acids is 1. The van der Waals surface area contributed by atoms with Crippen molar-refractivity contribution in [3.63, 3.8) is 0 Å². The normalized spacial score (nSPS) is 11.5. The van der Waals surface area contributed by atoms with Crippen LogP contribution in [-0.2, 0) is 5.41 Å². The molecule has 0 spiro atoms. The van der Waals surface area contributed by atoms with Crippen molar-refractivity contribution in [2.45, 2.75) is 26.2 Å². The first-order valence-electron chi connectivity index (χ1n) is 7.80. The largest absolute Gasteiger partial charge is 0.495 e. The molecule has 5 nitrogen and oxygen atoms in total. The minimum absolute atomic E-state index is 0.0116. The van der Waals surface area contributed by atoms with Crippen LogP contribution in [0.3, 0.4) is 0 Å². The molecular weight excluding hydrogens is 302 g/mol. The number of ether oxygens (including phenoxy) is 1. The molecule has 24 heavy (non-hydrogen) atoms. The molecule has 124 valence electrons. The summed E-state index contributed by atoms with van der Waals surface area (Å²) in [4.78, 5) is 16.7. The molecule has 3 aromatic rings. The molecule has 0 radical (unpaired) electrons. The highest BCUT2D eigenvalue weighted by atomic mass is 16.5. The summed E-state index contributed by atoms with van der Waals surface area (Å²) in [6.45, 7) is 6.40. The van der Waals surface area contributed by atoms with Gasteiger partial charge < -0.3 is 14.5 Å². The van der Waals surface area contributed by atoms with Gasteiger partial charge in [-0.1, -0.05) is 26.8 Å². The molecular formula is C19H21N3O2. The number of imidazole rings is 1. The fraction of sp³-hybridized carbons (Fsp3) is 0.263. The number of methoxy groups -OCH3 is 1. The molecule has 0 saturated heterocycles. The van der Waals surface area contributed by atoms with Gasteiger partial charge in [-0.25, -0.2) is 4.98 Å². The molecule has 2 aromatic heterocycles. The number of rotatable bonds is 3. The molecule has 0 fully saturated rings. The molecule has 0 saturated carbocycles. The number of fused-ring (bicyclic) bond motifs is 1. The lowest BCUT2D eigenvalue weighted by atomic mass is 9.87. The van der Waals surface area contributed by atoms with Gasteiger partial charge in [0.15, 0.2) is 0 Å². The van der Waals surface area contributed by atoms with Gasteiger partial charge in [0.25, 0.3) is 5.91 Å². The Morgan fingerprint density at radius 1 is 1.21 bits per heavy atom. The average molecular weight is 323 g/mol. The van der Waals surface area contributed by atoms with Crippen LogP contribution in [0.1, 0.15) is 36.7 Å². The van der Waals surface area contributed by atoms with Crippen molar-refractivity contribution >= 4 is 17.1 Å². The van der Waals surface area contributed by atoms with Crippen molar-refractivity contribution in [3.05, 3.63) is 60.2 Å². The van der Waals surface area contributed by atoms with Gasteiger partial charge in [-0.2, -0.15) is 0 Å². The van der Waals surface area contributed by atoms with Gasteiger partial charge in [0.2, 0.25) is 0 Å². The Kier molecular flexibility index (Phi) is 4.01. The van der Waals surface area contributed by atoms with Gasteiger partial charge in [-0.15, -0.1) is 0 Å². The van der Waals surface area contributed by atoms with Gasteiger partial charge >= 0.3 is 0 Å². The first-order chi connectivity index (χ1) is 11.4. The second-order valence-electron chi connectivity index (χ2n) is 6.76. The second kappa shape index (κ2) is 6.00. The minimum Gasteiger partial charge on any atom is -0.495 e. The maximum Gasteiger partial charge on any atom is 0.255 e. The molecule has 0 bridgehead atoms. The molecule has 3 rings (SSSR count). The predicted molar refractivity (Wildman–Crippen MR) is 94.8 cm³/mol. The van der Waals surface area contributed by atoms with Crippen LogP contribution in [0.25, 0.3) is 5.52 Å². The van der Waals surface area contributed by atoms with Crippen LogP contribution in [0.5, 0.6) is 5.75 Å². The molecule has 0 aliphatic rings. The Labute approximate surface area is 141 Å². The third-order valence-electron chi connectivity index (χ3n) is 3.99. The van der Waals surface area contributed by atoms with Crippen LogP contribution < -0.4 is 10.1 Å². The van der Waals surface area contributed by atoms with E-state index in [1.54, 1.807) is 25.7 Å². The maximum absolute atomic E-state index is 12.6. The highest BCUT2D eigenvalue weighted by molar-refractivity contribution is 6.05. The molecule has 1 amide bonds. The summed E-state index contributed by atoms with van der Waals surface area (Å²) < 4.78 is 7.24. The second-order valence-corrected chi connectivity index (χ2v) is 6.76. The molecule has 0 unspecified atom stereocenters. The zero-order valence-corrected chi connectivity index (χ0v) is 14.3. The number of anilines is 1. The van der Waals surface area contributed by atoms with Crippen LogP contribution >= 0.6 is 0 Å². The Balaban J connectivity index is 1.92. The van der Waals surface area contributed by atoms with E-state index in [1.807, 2.05) is 34.9 Å². The van der Waals surface area contributed by atoms with Crippen LogP contribution in [0.15, 0.2) is 49.1 Å². The summed E-state index contributed by atoms with van der Waals surface area (Å²) in [6.07, 6.45) is 5.24. The van der Waals surface area contributed by atoms with E-state index < -0.39 is 0 Å². The molecule has 1 N–H and O–H groups in total. The Morgan fingerprint density at radius 3 is 2.71 bits per heavy atom. The Bertz CT molecular complexity index is 891. The van der Waals surface area contributed by atoms with E-state index in [1.165, 1.54) is 0 Å². The number of hydrogen-bond acceptors (Lipinski definition) is 3. The Morgan fingerprint density at radius 2 is 2.00 bits per heavy atom. The van der Waals surface area contributed by atoms with Crippen LogP contribution in [0.4, 0.5) is 5.69 Å². The van der Waals surface area contributed by atoms with E-state index in [4.69, 9.17) is 4.74 Å². The molecule has 0 atom stereocenters. The summed E-state index contributed by atoms with van der Waals surface area (Å²) >= 11 is 0. The lowest BCUT2D eigenvalue weighted by molar-refractivity contribution is 0.102. The molecule has 2 heterocycles. The zero-order valence-electron chi connectivity index (χ0n) is 14.3. The maximum atomic E-state index is 12.6. The van der Waals surface area contributed by atoms with E-state index in [-0.39, 0.29) is 11.3 Å². The Hall–Kier alpha value is -2.82.